The van der Waals surface area contributed by atoms with E-state index < -0.39 is 244 Å². The molecule has 0 aliphatic rings. The van der Waals surface area contributed by atoms with Gasteiger partial charge in [-0.3, -0.25) is 0 Å². The highest BCUT2D eigenvalue weighted by molar-refractivity contribution is 6.24. The van der Waals surface area contributed by atoms with E-state index in [4.69, 9.17) is 21.9 Å². The molecule has 0 aromatic heterocycles. The topological polar surface area (TPSA) is 0 Å². The van der Waals surface area contributed by atoms with Crippen LogP contribution in [0.1, 0.15) is 35.6 Å². The van der Waals surface area contributed by atoms with Gasteiger partial charge in [-0.05, 0) is 93.3 Å². The number of rotatable bonds is 3. The van der Waals surface area contributed by atoms with Gasteiger partial charge in [0.1, 0.15) is 0 Å². The Morgan fingerprint density at radius 2 is 0.818 bits per heavy atom. The second-order valence-corrected chi connectivity index (χ2v) is 9.62. The summed E-state index contributed by atoms with van der Waals surface area (Å²) in [4.78, 5) is 0. The lowest BCUT2D eigenvalue weighted by atomic mass is 9.83. The average Bonchev–Trinajstić information content (AvgIpc) is 3.32. The Morgan fingerprint density at radius 3 is 1.52 bits per heavy atom. The molecule has 0 N–H and O–H groups in total. The van der Waals surface area contributed by atoms with Crippen LogP contribution in [0.15, 0.2) is 169 Å². The van der Waals surface area contributed by atoms with E-state index >= 15 is 0 Å². The standard InChI is InChI=1S/C44H28/c1-2-12-29(13-3-1)34-26-27-42(37-17-7-6-16-36(34)37)44-40-20-10-8-18-38(40)43(39-19-9-11-21-41(39)44)32-24-25-35-31(28-32)23-22-30-14-4-5-15-33(30)35/h1-28H/i1D,2D,3D,4D,5D,8D,9D,10D,11D,12D,13D,14D,15D,16D,17D,18D,19D,20D,21D,22D,23D,24D,25D,26D,27D,28D. The number of fused-ring (bicyclic) bond motifs is 6. The molecule has 0 heterocycles. The Morgan fingerprint density at radius 1 is 0.295 bits per heavy atom. The molecule has 9 aromatic rings. The van der Waals surface area contributed by atoms with Gasteiger partial charge in [-0.1, -0.05) is 163 Å². The average molecular weight is 583 g/mol. The quantitative estimate of drug-likeness (QED) is 0.144. The molecule has 0 saturated heterocycles. The highest BCUT2D eigenvalue weighted by atomic mass is 14.2. The van der Waals surface area contributed by atoms with Crippen molar-refractivity contribution < 1.29 is 35.6 Å². The van der Waals surface area contributed by atoms with Crippen LogP contribution in [0.3, 0.4) is 0 Å². The molecule has 9 aromatic carbocycles. The zero-order chi connectivity index (χ0) is 51.7. The van der Waals surface area contributed by atoms with E-state index in [9.17, 15) is 13.7 Å². The van der Waals surface area contributed by atoms with Crippen molar-refractivity contribution >= 4 is 53.9 Å². The first-order chi connectivity index (χ1) is 32.7. The third kappa shape index (κ3) is 3.78. The molecule has 0 aliphatic heterocycles. The summed E-state index contributed by atoms with van der Waals surface area (Å²) in [6.07, 6.45) is 0. The molecule has 0 heteroatoms. The molecule has 0 spiro atoms. The molecule has 0 amide bonds. The van der Waals surface area contributed by atoms with Crippen molar-refractivity contribution in [2.75, 3.05) is 0 Å². The second kappa shape index (κ2) is 9.93. The zero-order valence-corrected chi connectivity index (χ0v) is 22.2. The molecular weight excluding hydrogens is 528 g/mol. The van der Waals surface area contributed by atoms with Gasteiger partial charge in [0.15, 0.2) is 0 Å². The van der Waals surface area contributed by atoms with E-state index in [0.29, 0.717) is 0 Å². The van der Waals surface area contributed by atoms with Crippen molar-refractivity contribution in [2.24, 2.45) is 0 Å². The van der Waals surface area contributed by atoms with Crippen molar-refractivity contribution in [3.63, 3.8) is 0 Å². The van der Waals surface area contributed by atoms with Gasteiger partial charge >= 0.3 is 0 Å². The fourth-order valence-corrected chi connectivity index (χ4v) is 5.44. The van der Waals surface area contributed by atoms with Crippen LogP contribution in [0.5, 0.6) is 0 Å². The molecule has 44 heavy (non-hydrogen) atoms. The summed E-state index contributed by atoms with van der Waals surface area (Å²) in [6.45, 7) is 0. The molecule has 0 unspecified atom stereocenters. The van der Waals surface area contributed by atoms with Crippen LogP contribution in [0.25, 0.3) is 87.2 Å². The van der Waals surface area contributed by atoms with Crippen molar-refractivity contribution in [1.29, 1.82) is 0 Å². The van der Waals surface area contributed by atoms with Gasteiger partial charge in [0.05, 0.1) is 35.6 Å². The molecule has 9 rings (SSSR count). The Kier molecular flexibility index (Phi) is 2.30. The molecule has 0 saturated carbocycles. The van der Waals surface area contributed by atoms with Crippen LogP contribution in [0, 0.1) is 0 Å². The summed E-state index contributed by atoms with van der Waals surface area (Å²) in [6, 6.07) is -20.2. The van der Waals surface area contributed by atoms with Crippen LogP contribution in [-0.2, 0) is 0 Å². The maximum Gasteiger partial charge on any atom is 0.0636 e. The number of hydrogen-bond acceptors (Lipinski definition) is 0. The summed E-state index contributed by atoms with van der Waals surface area (Å²) in [5.41, 5.74) is -3.92. The van der Waals surface area contributed by atoms with Gasteiger partial charge in [0.25, 0.3) is 0 Å². The van der Waals surface area contributed by atoms with Crippen molar-refractivity contribution in [3.05, 3.63) is 169 Å². The highest BCUT2D eigenvalue weighted by Gasteiger charge is 2.19. The highest BCUT2D eigenvalue weighted by Crippen LogP contribution is 2.46. The van der Waals surface area contributed by atoms with Gasteiger partial charge in [0, 0.05) is 0 Å². The van der Waals surface area contributed by atoms with E-state index in [1.54, 1.807) is 0 Å². The Balaban J connectivity index is 1.63. The van der Waals surface area contributed by atoms with E-state index in [2.05, 4.69) is 0 Å². The Hall–Kier alpha value is -5.72. The third-order valence-electron chi connectivity index (χ3n) is 7.29. The summed E-state index contributed by atoms with van der Waals surface area (Å²) < 4.78 is 234. The van der Waals surface area contributed by atoms with Crippen LogP contribution in [0.2, 0.25) is 0 Å². The fourth-order valence-electron chi connectivity index (χ4n) is 5.44. The van der Waals surface area contributed by atoms with Crippen molar-refractivity contribution in [1.82, 2.24) is 0 Å². The Bertz CT molecular complexity index is 3900. The molecule has 204 valence electrons. The minimum atomic E-state index is -0.978. The first-order valence-corrected chi connectivity index (χ1v) is 13.2. The van der Waals surface area contributed by atoms with E-state index in [0.717, 1.165) is 12.1 Å². The van der Waals surface area contributed by atoms with Crippen LogP contribution < -0.4 is 0 Å². The number of benzene rings is 9. The van der Waals surface area contributed by atoms with Crippen LogP contribution in [-0.4, -0.2) is 0 Å². The first-order valence-electron chi connectivity index (χ1n) is 26.2. The second-order valence-electron chi connectivity index (χ2n) is 9.62. The third-order valence-corrected chi connectivity index (χ3v) is 7.29. The molecule has 0 nitrogen and oxygen atoms in total. The fraction of sp³-hybridized carbons (Fsp3) is 0. The zero-order valence-electron chi connectivity index (χ0n) is 48.2. The van der Waals surface area contributed by atoms with E-state index in [-0.39, 0.29) is 0 Å². The SMILES string of the molecule is [2H]c1c([2H])c([2H])c(-c2c([2H])c([2H])c(-c3c4c([2H])c([2H])c([2H])c([2H])c4c(-c4c([2H])c([2H])c5c(c4[2H])c([2H])c([2H])c4c([2H])c([2H])c([2H])c([2H])c45)c4c([2H])c([2H])c([2H])c([2H])c34)c3c([2H])ccc([2H])c23)c([2H])c1[2H]. The maximum atomic E-state index is 9.71. The van der Waals surface area contributed by atoms with E-state index in [1.165, 1.54) is 0 Å². The molecule has 0 radical (unpaired) electrons. The summed E-state index contributed by atoms with van der Waals surface area (Å²) in [5.74, 6) is 0. The van der Waals surface area contributed by atoms with E-state index in [1.807, 2.05) is 0 Å². The van der Waals surface area contributed by atoms with Crippen LogP contribution >= 0.6 is 0 Å². The molecule has 0 aliphatic carbocycles. The van der Waals surface area contributed by atoms with Crippen LogP contribution in [0.4, 0.5) is 0 Å². The maximum absolute atomic E-state index is 9.71. The van der Waals surface area contributed by atoms with Gasteiger partial charge in [-0.15, -0.1) is 0 Å². The lowest BCUT2D eigenvalue weighted by molar-refractivity contribution is 1.64. The predicted octanol–water partition coefficient (Wildman–Crippen LogP) is 12.5. The lowest BCUT2D eigenvalue weighted by Gasteiger charge is -2.20. The molecule has 0 bridgehead atoms. The predicted molar refractivity (Wildman–Crippen MR) is 190 cm³/mol. The summed E-state index contributed by atoms with van der Waals surface area (Å²) in [5, 5.41) is -5.82. The largest absolute Gasteiger partial charge is 0.0636 e. The van der Waals surface area contributed by atoms with Gasteiger partial charge < -0.3 is 0 Å². The van der Waals surface area contributed by atoms with Crippen molar-refractivity contribution in [2.45, 2.75) is 0 Å². The summed E-state index contributed by atoms with van der Waals surface area (Å²) in [7, 11) is 0. The molecule has 0 fully saturated rings. The first kappa shape index (κ1) is 10.2. The molecular formula is C44H28. The van der Waals surface area contributed by atoms with Gasteiger partial charge in [-0.25, -0.2) is 0 Å². The monoisotopic (exact) mass is 582 g/mol. The Labute approximate surface area is 293 Å². The molecule has 0 atom stereocenters. The van der Waals surface area contributed by atoms with Crippen molar-refractivity contribution in [3.8, 4) is 33.4 Å². The minimum Gasteiger partial charge on any atom is -0.0622 e. The lowest BCUT2D eigenvalue weighted by Crippen LogP contribution is -1.92. The summed E-state index contributed by atoms with van der Waals surface area (Å²) >= 11 is 0. The van der Waals surface area contributed by atoms with Gasteiger partial charge in [-0.2, -0.15) is 0 Å². The normalized spacial score (nSPS) is 19.9. The number of hydrogen-bond donors (Lipinski definition) is 0. The smallest absolute Gasteiger partial charge is 0.0622 e. The van der Waals surface area contributed by atoms with Gasteiger partial charge in [0.2, 0.25) is 0 Å². The minimum absolute atomic E-state index is 0.455.